The number of rotatable bonds is 5. The van der Waals surface area contributed by atoms with Crippen molar-refractivity contribution in [2.75, 3.05) is 0 Å². The van der Waals surface area contributed by atoms with Crippen LogP contribution in [0.4, 0.5) is 0 Å². The van der Waals surface area contributed by atoms with Crippen molar-refractivity contribution in [3.8, 4) is 5.75 Å². The molecule has 0 bridgehead atoms. The fraction of sp³-hybridized carbons (Fsp3) is 0.280. The Hall–Kier alpha value is -3.54. The van der Waals surface area contributed by atoms with Crippen LogP contribution in [0.3, 0.4) is 0 Å². The van der Waals surface area contributed by atoms with Crippen molar-refractivity contribution in [2.45, 2.75) is 46.5 Å². The molecule has 6 heteroatoms. The summed E-state index contributed by atoms with van der Waals surface area (Å²) in [6.07, 6.45) is 2.18. The summed E-state index contributed by atoms with van der Waals surface area (Å²) in [5.74, 6) is -0.855. The Bertz CT molecular complexity index is 1310. The number of ether oxygens (including phenoxy) is 1. The van der Waals surface area contributed by atoms with Gasteiger partial charge in [0.2, 0.25) is 5.78 Å². The minimum atomic E-state index is -0.495. The molecule has 1 aliphatic carbocycles. The van der Waals surface area contributed by atoms with Crippen LogP contribution >= 0.6 is 0 Å². The number of unbranched alkanes of at least 4 members (excludes halogenated alkanes) is 1. The van der Waals surface area contributed by atoms with E-state index < -0.39 is 11.8 Å². The maximum atomic E-state index is 13.6. The van der Waals surface area contributed by atoms with Gasteiger partial charge in [0, 0.05) is 30.0 Å². The summed E-state index contributed by atoms with van der Waals surface area (Å²) < 4.78 is 11.3. The summed E-state index contributed by atoms with van der Waals surface area (Å²) in [5, 5.41) is 0.276. The van der Waals surface area contributed by atoms with Gasteiger partial charge in [0.05, 0.1) is 16.5 Å². The van der Waals surface area contributed by atoms with Crippen LogP contribution in [-0.2, 0) is 11.2 Å². The first-order valence-electron chi connectivity index (χ1n) is 10.4. The summed E-state index contributed by atoms with van der Waals surface area (Å²) in [7, 11) is 0. The van der Waals surface area contributed by atoms with Crippen molar-refractivity contribution < 1.29 is 23.5 Å². The Balaban J connectivity index is 1.95. The van der Waals surface area contributed by atoms with Gasteiger partial charge in [-0.05, 0) is 31.0 Å². The lowest BCUT2D eigenvalue weighted by Gasteiger charge is -2.21. The van der Waals surface area contributed by atoms with Crippen molar-refractivity contribution in [1.29, 1.82) is 0 Å². The third kappa shape index (κ3) is 3.38. The highest BCUT2D eigenvalue weighted by molar-refractivity contribution is 6.32. The zero-order valence-electron chi connectivity index (χ0n) is 17.7. The maximum absolute atomic E-state index is 13.6. The Morgan fingerprint density at radius 3 is 2.48 bits per heavy atom. The van der Waals surface area contributed by atoms with E-state index in [-0.39, 0.29) is 56.6 Å². The van der Waals surface area contributed by atoms with Crippen LogP contribution in [-0.4, -0.2) is 17.5 Å². The molecule has 0 spiro atoms. The molecular weight excluding hydrogens is 396 g/mol. The van der Waals surface area contributed by atoms with Gasteiger partial charge in [0.25, 0.3) is 0 Å². The standard InChI is InChI=1S/C25H22O6/c1-4-6-10-19(27)31-18-9-7-8-15-21(18)24(29)22-16(23(15)28)11-13(3)20-17(26)12-14(5-2)30-25(20)22/h7-9,11-12H,4-6,10H2,1-3H3. The fourth-order valence-corrected chi connectivity index (χ4v) is 3.96. The Kier molecular flexibility index (Phi) is 5.31. The van der Waals surface area contributed by atoms with Gasteiger partial charge in [0.15, 0.2) is 11.2 Å². The van der Waals surface area contributed by atoms with Gasteiger partial charge in [-0.1, -0.05) is 32.4 Å². The molecule has 3 aromatic rings. The van der Waals surface area contributed by atoms with Gasteiger partial charge in [0.1, 0.15) is 17.1 Å². The predicted molar refractivity (Wildman–Crippen MR) is 115 cm³/mol. The van der Waals surface area contributed by atoms with E-state index in [1.165, 1.54) is 12.1 Å². The van der Waals surface area contributed by atoms with Crippen LogP contribution in [0.25, 0.3) is 11.0 Å². The lowest BCUT2D eigenvalue weighted by atomic mass is 9.81. The second-order valence-electron chi connectivity index (χ2n) is 7.67. The van der Waals surface area contributed by atoms with Crippen molar-refractivity contribution in [3.63, 3.8) is 0 Å². The SMILES string of the molecule is CCCCC(=O)Oc1cccc2c1C(=O)c1c(cc(C)c3c(=O)cc(CC)oc13)C2=O. The number of hydrogen-bond donors (Lipinski definition) is 0. The van der Waals surface area contributed by atoms with E-state index in [1.807, 2.05) is 13.8 Å². The zero-order valence-corrected chi connectivity index (χ0v) is 17.7. The zero-order chi connectivity index (χ0) is 22.3. The molecule has 6 nitrogen and oxygen atoms in total. The number of carbonyl (C=O) groups excluding carboxylic acids is 3. The molecule has 0 saturated carbocycles. The molecule has 0 amide bonds. The third-order valence-corrected chi connectivity index (χ3v) is 5.53. The van der Waals surface area contributed by atoms with Crippen LogP contribution in [0.2, 0.25) is 0 Å². The minimum absolute atomic E-state index is 0.0274. The first kappa shape index (κ1) is 20.7. The fourth-order valence-electron chi connectivity index (χ4n) is 3.96. The van der Waals surface area contributed by atoms with E-state index in [4.69, 9.17) is 9.15 Å². The summed E-state index contributed by atoms with van der Waals surface area (Å²) in [4.78, 5) is 51.8. The molecule has 1 aromatic heterocycles. The maximum Gasteiger partial charge on any atom is 0.311 e. The molecule has 0 fully saturated rings. The molecule has 1 aliphatic rings. The molecule has 2 aromatic carbocycles. The molecular formula is C25H22O6. The Labute approximate surface area is 178 Å². The van der Waals surface area contributed by atoms with Crippen LogP contribution < -0.4 is 10.2 Å². The van der Waals surface area contributed by atoms with Crippen LogP contribution in [0.1, 0.15) is 76.3 Å². The smallest absolute Gasteiger partial charge is 0.311 e. The van der Waals surface area contributed by atoms with E-state index >= 15 is 0 Å². The minimum Gasteiger partial charge on any atom is -0.460 e. The first-order valence-corrected chi connectivity index (χ1v) is 10.4. The second kappa shape index (κ2) is 7.95. The molecule has 4 rings (SSSR count). The predicted octanol–water partition coefficient (Wildman–Crippen LogP) is 4.53. The van der Waals surface area contributed by atoms with Gasteiger partial charge < -0.3 is 9.15 Å². The topological polar surface area (TPSA) is 90.7 Å². The number of benzene rings is 2. The van der Waals surface area contributed by atoms with Crippen molar-refractivity contribution in [3.05, 3.63) is 74.1 Å². The normalized spacial score (nSPS) is 12.6. The summed E-state index contributed by atoms with van der Waals surface area (Å²) in [6.45, 7) is 5.51. The lowest BCUT2D eigenvalue weighted by molar-refractivity contribution is -0.134. The molecule has 0 radical (unpaired) electrons. The molecule has 31 heavy (non-hydrogen) atoms. The van der Waals surface area contributed by atoms with Gasteiger partial charge in [-0.15, -0.1) is 0 Å². The first-order chi connectivity index (χ1) is 14.9. The highest BCUT2D eigenvalue weighted by Gasteiger charge is 2.36. The summed E-state index contributed by atoms with van der Waals surface area (Å²) >= 11 is 0. The van der Waals surface area contributed by atoms with Gasteiger partial charge in [-0.3, -0.25) is 19.2 Å². The van der Waals surface area contributed by atoms with E-state index in [0.717, 1.165) is 6.42 Å². The van der Waals surface area contributed by atoms with Crippen LogP contribution in [0, 0.1) is 6.92 Å². The molecule has 0 saturated heterocycles. The molecule has 1 heterocycles. The van der Waals surface area contributed by atoms with E-state index in [9.17, 15) is 19.2 Å². The van der Waals surface area contributed by atoms with Crippen molar-refractivity contribution >= 4 is 28.5 Å². The Morgan fingerprint density at radius 2 is 1.77 bits per heavy atom. The molecule has 158 valence electrons. The van der Waals surface area contributed by atoms with Crippen LogP contribution in [0.5, 0.6) is 5.75 Å². The van der Waals surface area contributed by atoms with E-state index in [2.05, 4.69) is 0 Å². The van der Waals surface area contributed by atoms with Crippen LogP contribution in [0.15, 0.2) is 39.5 Å². The largest absolute Gasteiger partial charge is 0.460 e. The van der Waals surface area contributed by atoms with Crippen molar-refractivity contribution in [2.24, 2.45) is 0 Å². The monoisotopic (exact) mass is 418 g/mol. The summed E-state index contributed by atoms with van der Waals surface area (Å²) in [6, 6.07) is 7.60. The quantitative estimate of drug-likeness (QED) is 0.349. The lowest BCUT2D eigenvalue weighted by Crippen LogP contribution is -2.24. The third-order valence-electron chi connectivity index (χ3n) is 5.53. The summed E-state index contributed by atoms with van der Waals surface area (Å²) in [5.41, 5.74) is 0.845. The van der Waals surface area contributed by atoms with E-state index in [0.29, 0.717) is 24.2 Å². The van der Waals surface area contributed by atoms with Gasteiger partial charge in [-0.25, -0.2) is 0 Å². The highest BCUT2D eigenvalue weighted by atomic mass is 16.5. The van der Waals surface area contributed by atoms with Gasteiger partial charge >= 0.3 is 5.97 Å². The number of ketones is 2. The molecule has 0 atom stereocenters. The van der Waals surface area contributed by atoms with Crippen molar-refractivity contribution in [1.82, 2.24) is 0 Å². The number of hydrogen-bond acceptors (Lipinski definition) is 6. The number of fused-ring (bicyclic) bond motifs is 4. The highest BCUT2D eigenvalue weighted by Crippen LogP contribution is 2.37. The molecule has 0 aliphatic heterocycles. The van der Waals surface area contributed by atoms with Gasteiger partial charge in [-0.2, -0.15) is 0 Å². The number of aryl methyl sites for hydroxylation is 2. The number of carbonyl (C=O) groups is 3. The second-order valence-corrected chi connectivity index (χ2v) is 7.67. The molecule has 0 N–H and O–H groups in total. The average Bonchev–Trinajstić information content (AvgIpc) is 2.75. The Morgan fingerprint density at radius 1 is 1.00 bits per heavy atom. The molecule has 0 unspecified atom stereocenters. The average molecular weight is 418 g/mol. The number of esters is 1. The van der Waals surface area contributed by atoms with E-state index in [1.54, 1.807) is 25.1 Å².